The fraction of sp³-hybridized carbons (Fsp3) is 0.125. The van der Waals surface area contributed by atoms with Crippen molar-refractivity contribution < 1.29 is 9.50 Å². The van der Waals surface area contributed by atoms with E-state index < -0.39 is 0 Å². The second kappa shape index (κ2) is 4.67. The van der Waals surface area contributed by atoms with Gasteiger partial charge in [0.05, 0.1) is 0 Å². The van der Waals surface area contributed by atoms with Gasteiger partial charge >= 0.3 is 0 Å². The van der Waals surface area contributed by atoms with E-state index in [0.717, 1.165) is 22.1 Å². The number of aromatic hydroxyl groups is 1. The number of aryl methyl sites for hydroxylation is 1. The van der Waals surface area contributed by atoms with Crippen molar-refractivity contribution in [2.45, 2.75) is 13.3 Å². The highest BCUT2D eigenvalue weighted by Crippen LogP contribution is 2.29. The maximum Gasteiger partial charge on any atom is 0.123 e. The minimum Gasteiger partial charge on any atom is -0.508 e. The van der Waals surface area contributed by atoms with Crippen molar-refractivity contribution in [3.63, 3.8) is 0 Å². The Labute approximate surface area is 115 Å². The zero-order valence-corrected chi connectivity index (χ0v) is 11.3. The van der Waals surface area contributed by atoms with Crippen molar-refractivity contribution in [1.82, 2.24) is 0 Å². The van der Waals surface area contributed by atoms with Gasteiger partial charge in [-0.3, -0.25) is 0 Å². The van der Waals surface area contributed by atoms with Gasteiger partial charge in [0, 0.05) is 16.0 Å². The van der Waals surface area contributed by atoms with Gasteiger partial charge < -0.3 is 5.11 Å². The first-order valence-corrected chi connectivity index (χ1v) is 6.90. The molecule has 0 fully saturated rings. The first-order chi connectivity index (χ1) is 9.11. The lowest BCUT2D eigenvalue weighted by molar-refractivity contribution is 0.474. The molecule has 0 bridgehead atoms. The Hall–Kier alpha value is -1.87. The summed E-state index contributed by atoms with van der Waals surface area (Å²) in [5, 5.41) is 10.4. The van der Waals surface area contributed by atoms with Crippen molar-refractivity contribution in [3.8, 4) is 5.75 Å². The molecule has 3 heteroatoms. The van der Waals surface area contributed by atoms with E-state index in [1.807, 2.05) is 25.1 Å². The third-order valence-corrected chi connectivity index (χ3v) is 4.34. The van der Waals surface area contributed by atoms with Gasteiger partial charge in [0.15, 0.2) is 0 Å². The van der Waals surface area contributed by atoms with Crippen LogP contribution in [0.2, 0.25) is 0 Å². The summed E-state index contributed by atoms with van der Waals surface area (Å²) in [6, 6.07) is 12.3. The summed E-state index contributed by atoms with van der Waals surface area (Å²) in [6.45, 7) is 1.99. The largest absolute Gasteiger partial charge is 0.508 e. The Balaban J connectivity index is 1.96. The molecule has 96 valence electrons. The minimum absolute atomic E-state index is 0.197. The highest BCUT2D eigenvalue weighted by molar-refractivity contribution is 7.19. The molecule has 0 saturated heterocycles. The smallest absolute Gasteiger partial charge is 0.123 e. The Kier molecular flexibility index (Phi) is 2.99. The van der Waals surface area contributed by atoms with Crippen LogP contribution >= 0.6 is 11.3 Å². The van der Waals surface area contributed by atoms with Crippen molar-refractivity contribution in [3.05, 3.63) is 64.3 Å². The van der Waals surface area contributed by atoms with E-state index in [4.69, 9.17) is 0 Å². The molecule has 0 aliphatic carbocycles. The molecule has 0 radical (unpaired) electrons. The number of phenols is 1. The average molecular weight is 272 g/mol. The lowest BCUT2D eigenvalue weighted by atomic mass is 10.0. The number of benzene rings is 2. The highest BCUT2D eigenvalue weighted by Gasteiger charge is 2.06. The summed E-state index contributed by atoms with van der Waals surface area (Å²) in [5.74, 6) is 0.0947. The van der Waals surface area contributed by atoms with Crippen LogP contribution in [0, 0.1) is 12.7 Å². The third-order valence-electron chi connectivity index (χ3n) is 3.22. The molecular formula is C16H13FOS. The minimum atomic E-state index is -0.197. The summed E-state index contributed by atoms with van der Waals surface area (Å²) in [4.78, 5) is 1.20. The number of hydrogen-bond donors (Lipinski definition) is 1. The van der Waals surface area contributed by atoms with E-state index in [0.29, 0.717) is 5.75 Å². The molecule has 19 heavy (non-hydrogen) atoms. The zero-order chi connectivity index (χ0) is 13.4. The third kappa shape index (κ3) is 2.47. The van der Waals surface area contributed by atoms with Crippen molar-refractivity contribution in [2.75, 3.05) is 0 Å². The fourth-order valence-electron chi connectivity index (χ4n) is 2.22. The Bertz CT molecular complexity index is 746. The normalized spacial score (nSPS) is 11.1. The lowest BCUT2D eigenvalue weighted by Gasteiger charge is -2.04. The number of phenolic OH excluding ortho intramolecular Hbond substituents is 1. The fourth-order valence-corrected chi connectivity index (χ4v) is 3.29. The van der Waals surface area contributed by atoms with Gasteiger partial charge in [-0.1, -0.05) is 6.07 Å². The lowest BCUT2D eigenvalue weighted by Crippen LogP contribution is -1.88. The molecule has 0 spiro atoms. The average Bonchev–Trinajstić information content (AvgIpc) is 2.74. The molecule has 3 aromatic rings. The zero-order valence-electron chi connectivity index (χ0n) is 10.5. The maximum absolute atomic E-state index is 13.2. The van der Waals surface area contributed by atoms with E-state index in [-0.39, 0.29) is 5.82 Å². The monoisotopic (exact) mass is 272 g/mol. The molecule has 3 rings (SSSR count). The summed E-state index contributed by atoms with van der Waals surface area (Å²) in [7, 11) is 0. The summed E-state index contributed by atoms with van der Waals surface area (Å²) in [5.41, 5.74) is 2.26. The second-order valence-corrected chi connectivity index (χ2v) is 5.85. The number of thiophene rings is 1. The predicted molar refractivity (Wildman–Crippen MR) is 77.4 cm³/mol. The Morgan fingerprint density at radius 3 is 2.74 bits per heavy atom. The van der Waals surface area contributed by atoms with Crippen molar-refractivity contribution >= 4 is 21.4 Å². The molecule has 0 saturated carbocycles. The molecule has 0 aliphatic heterocycles. The second-order valence-electron chi connectivity index (χ2n) is 4.68. The molecule has 0 amide bonds. The van der Waals surface area contributed by atoms with Crippen LogP contribution in [-0.4, -0.2) is 5.11 Å². The van der Waals surface area contributed by atoms with Crippen LogP contribution in [-0.2, 0) is 6.42 Å². The standard InChI is InChI=1S/C16H13FOS/c1-10-6-14(18)4-2-11(10)8-15-9-12-7-13(17)3-5-16(12)19-15/h2-7,9,18H,8H2,1H3. The van der Waals surface area contributed by atoms with Crippen LogP contribution in [0.15, 0.2) is 42.5 Å². The SMILES string of the molecule is Cc1cc(O)ccc1Cc1cc2cc(F)ccc2s1. The molecule has 2 aromatic carbocycles. The van der Waals surface area contributed by atoms with Gasteiger partial charge in [0.1, 0.15) is 11.6 Å². The first-order valence-electron chi connectivity index (χ1n) is 6.08. The summed E-state index contributed by atoms with van der Waals surface area (Å²) < 4.78 is 14.3. The summed E-state index contributed by atoms with van der Waals surface area (Å²) in [6.07, 6.45) is 0.813. The number of fused-ring (bicyclic) bond motifs is 1. The van der Waals surface area contributed by atoms with Crippen LogP contribution in [0.5, 0.6) is 5.75 Å². The molecule has 1 nitrogen and oxygen atoms in total. The van der Waals surface area contributed by atoms with Crippen LogP contribution in [0.25, 0.3) is 10.1 Å². The van der Waals surface area contributed by atoms with Crippen LogP contribution in [0.3, 0.4) is 0 Å². The van der Waals surface area contributed by atoms with Crippen LogP contribution < -0.4 is 0 Å². The Morgan fingerprint density at radius 1 is 1.11 bits per heavy atom. The maximum atomic E-state index is 13.2. The predicted octanol–water partition coefficient (Wildman–Crippen LogP) is 4.65. The van der Waals surface area contributed by atoms with Crippen LogP contribution in [0.4, 0.5) is 4.39 Å². The van der Waals surface area contributed by atoms with Gasteiger partial charge in [-0.25, -0.2) is 4.39 Å². The van der Waals surface area contributed by atoms with Crippen LogP contribution in [0.1, 0.15) is 16.0 Å². The van der Waals surface area contributed by atoms with Crippen molar-refractivity contribution in [1.29, 1.82) is 0 Å². The molecule has 0 aliphatic rings. The van der Waals surface area contributed by atoms with E-state index in [9.17, 15) is 9.50 Å². The topological polar surface area (TPSA) is 20.2 Å². The summed E-state index contributed by atoms with van der Waals surface area (Å²) >= 11 is 1.68. The van der Waals surface area contributed by atoms with Gasteiger partial charge in [0.25, 0.3) is 0 Å². The quantitative estimate of drug-likeness (QED) is 0.720. The number of rotatable bonds is 2. The highest BCUT2D eigenvalue weighted by atomic mass is 32.1. The molecule has 1 N–H and O–H groups in total. The molecule has 0 atom stereocenters. The van der Waals surface area contributed by atoms with E-state index in [1.54, 1.807) is 29.5 Å². The van der Waals surface area contributed by atoms with Gasteiger partial charge in [0.2, 0.25) is 0 Å². The molecular weight excluding hydrogens is 259 g/mol. The van der Waals surface area contributed by atoms with Gasteiger partial charge in [-0.2, -0.15) is 0 Å². The number of hydrogen-bond acceptors (Lipinski definition) is 2. The van der Waals surface area contributed by atoms with E-state index in [2.05, 4.69) is 0 Å². The van der Waals surface area contributed by atoms with Gasteiger partial charge in [-0.15, -0.1) is 11.3 Å². The number of halogens is 1. The molecule has 0 unspecified atom stereocenters. The Morgan fingerprint density at radius 2 is 1.95 bits per heavy atom. The van der Waals surface area contributed by atoms with Crippen molar-refractivity contribution in [2.24, 2.45) is 0 Å². The van der Waals surface area contributed by atoms with Gasteiger partial charge in [-0.05, 0) is 59.8 Å². The molecule has 1 aromatic heterocycles. The van der Waals surface area contributed by atoms with E-state index in [1.165, 1.54) is 16.5 Å². The van der Waals surface area contributed by atoms with E-state index >= 15 is 0 Å². The first kappa shape index (κ1) is 12.2. The molecule has 1 heterocycles.